The molecule has 0 aliphatic rings. The van der Waals surface area contributed by atoms with E-state index in [-0.39, 0.29) is 22.3 Å². The van der Waals surface area contributed by atoms with Crippen LogP contribution in [0, 0.1) is 13.8 Å². The average molecular weight is 503 g/mol. The van der Waals surface area contributed by atoms with Gasteiger partial charge in [0, 0.05) is 11.1 Å². The second-order valence-electron chi connectivity index (χ2n) is 7.81. The van der Waals surface area contributed by atoms with E-state index in [2.05, 4.69) is 0 Å². The van der Waals surface area contributed by atoms with Crippen LogP contribution in [-0.4, -0.2) is 12.6 Å². The normalized spacial score (nSPS) is 11.5. The van der Waals surface area contributed by atoms with E-state index in [4.69, 9.17) is 25.5 Å². The van der Waals surface area contributed by atoms with Crippen molar-refractivity contribution in [3.8, 4) is 22.6 Å². The van der Waals surface area contributed by atoms with Gasteiger partial charge < -0.3 is 13.9 Å². The number of hydrogen-bond acceptors (Lipinski definition) is 5. The smallest absolute Gasteiger partial charge is 0.450 e. The first kappa shape index (κ1) is 24.3. The van der Waals surface area contributed by atoms with Gasteiger partial charge in [-0.25, -0.2) is 4.79 Å². The molecule has 0 aliphatic heterocycles. The molecule has 4 aromatic rings. The lowest BCUT2D eigenvalue weighted by Crippen LogP contribution is -2.18. The Balaban J connectivity index is 1.63. The quantitative estimate of drug-likeness (QED) is 0.223. The summed E-state index contributed by atoms with van der Waals surface area (Å²) in [6.45, 7) is 3.42. The highest BCUT2D eigenvalue weighted by Crippen LogP contribution is 2.38. The van der Waals surface area contributed by atoms with Gasteiger partial charge in [0.25, 0.3) is 0 Å². The topological polar surface area (TPSA) is 65.7 Å². The third kappa shape index (κ3) is 5.33. The van der Waals surface area contributed by atoms with Gasteiger partial charge in [-0.15, -0.1) is 0 Å². The van der Waals surface area contributed by atoms with Crippen molar-refractivity contribution < 1.29 is 31.9 Å². The molecule has 0 atom stereocenters. The predicted octanol–water partition coefficient (Wildman–Crippen LogP) is 6.73. The minimum atomic E-state index is -4.95. The number of fused-ring (bicyclic) bond motifs is 1. The first-order valence-electron chi connectivity index (χ1n) is 10.4. The zero-order valence-corrected chi connectivity index (χ0v) is 19.3. The SMILES string of the molecule is Cc1ccc(OCC(=O)Oc2ccc3c(=O)c(-c4ccc(Cl)cc4)c(C(F)(F)F)oc3c2)cc1C. The summed E-state index contributed by atoms with van der Waals surface area (Å²) in [6.07, 6.45) is -4.95. The molecule has 0 saturated carbocycles. The number of hydrogen-bond donors (Lipinski definition) is 0. The lowest BCUT2D eigenvalue weighted by molar-refractivity contribution is -0.152. The minimum Gasteiger partial charge on any atom is -0.482 e. The molecule has 9 heteroatoms. The van der Waals surface area contributed by atoms with Crippen LogP contribution in [0.15, 0.2) is 69.9 Å². The number of ether oxygens (including phenoxy) is 2. The number of rotatable bonds is 5. The van der Waals surface area contributed by atoms with Gasteiger partial charge in [0.2, 0.25) is 11.2 Å². The summed E-state index contributed by atoms with van der Waals surface area (Å²) in [5.74, 6) is -1.86. The van der Waals surface area contributed by atoms with Crippen LogP contribution in [0.4, 0.5) is 13.2 Å². The van der Waals surface area contributed by atoms with E-state index in [0.717, 1.165) is 17.2 Å². The fourth-order valence-electron chi connectivity index (χ4n) is 3.42. The van der Waals surface area contributed by atoms with Crippen LogP contribution in [0.5, 0.6) is 11.5 Å². The van der Waals surface area contributed by atoms with Crippen LogP contribution in [-0.2, 0) is 11.0 Å². The van der Waals surface area contributed by atoms with Crippen molar-refractivity contribution in [2.45, 2.75) is 20.0 Å². The fourth-order valence-corrected chi connectivity index (χ4v) is 3.55. The van der Waals surface area contributed by atoms with Gasteiger partial charge in [0.15, 0.2) is 6.61 Å². The van der Waals surface area contributed by atoms with Crippen molar-refractivity contribution in [2.75, 3.05) is 6.61 Å². The van der Waals surface area contributed by atoms with Crippen LogP contribution in [0.2, 0.25) is 5.02 Å². The van der Waals surface area contributed by atoms with Crippen LogP contribution < -0.4 is 14.9 Å². The zero-order chi connectivity index (χ0) is 25.3. The molecule has 1 aromatic heterocycles. The first-order chi connectivity index (χ1) is 16.5. The Labute approximate surface area is 202 Å². The molecular weight excluding hydrogens is 485 g/mol. The molecule has 0 radical (unpaired) electrons. The van der Waals surface area contributed by atoms with E-state index < -0.39 is 35.5 Å². The van der Waals surface area contributed by atoms with Crippen LogP contribution in [0.25, 0.3) is 22.1 Å². The van der Waals surface area contributed by atoms with E-state index in [9.17, 15) is 22.8 Å². The molecule has 0 bridgehead atoms. The average Bonchev–Trinajstić information content (AvgIpc) is 2.80. The van der Waals surface area contributed by atoms with Gasteiger partial charge in [-0.05, 0) is 66.9 Å². The Bertz CT molecular complexity index is 1470. The molecule has 0 spiro atoms. The standard InChI is InChI=1S/C26H18ClF3O5/c1-14-3-8-18(11-15(14)2)33-13-22(31)34-19-9-10-20-21(12-19)35-25(26(28,29)30)23(24(20)32)16-4-6-17(27)7-5-16/h3-12H,13H2,1-2H3. The molecule has 0 unspecified atom stereocenters. The second-order valence-corrected chi connectivity index (χ2v) is 8.24. The Morgan fingerprint density at radius 2 is 1.63 bits per heavy atom. The number of aryl methyl sites for hydroxylation is 2. The fraction of sp³-hybridized carbons (Fsp3) is 0.154. The number of esters is 1. The van der Waals surface area contributed by atoms with E-state index in [0.29, 0.717) is 10.8 Å². The summed E-state index contributed by atoms with van der Waals surface area (Å²) in [5, 5.41) is 0.203. The number of benzene rings is 3. The van der Waals surface area contributed by atoms with Gasteiger partial charge >= 0.3 is 12.1 Å². The maximum atomic E-state index is 13.8. The molecule has 0 N–H and O–H groups in total. The summed E-state index contributed by atoms with van der Waals surface area (Å²) < 4.78 is 57.1. The van der Waals surface area contributed by atoms with Crippen LogP contribution >= 0.6 is 11.6 Å². The molecule has 4 rings (SSSR count). The summed E-state index contributed by atoms with van der Waals surface area (Å²) in [7, 11) is 0. The maximum Gasteiger partial charge on any atom is 0.450 e. The summed E-state index contributed by atoms with van der Waals surface area (Å²) in [4.78, 5) is 25.2. The molecule has 0 saturated heterocycles. The highest BCUT2D eigenvalue weighted by Gasteiger charge is 2.39. The van der Waals surface area contributed by atoms with Crippen molar-refractivity contribution in [3.05, 3.63) is 92.8 Å². The third-order valence-electron chi connectivity index (χ3n) is 5.32. The number of carbonyl (C=O) groups excluding carboxylic acids is 1. The molecule has 0 aliphatic carbocycles. The van der Waals surface area contributed by atoms with Gasteiger partial charge in [-0.2, -0.15) is 13.2 Å². The van der Waals surface area contributed by atoms with Crippen LogP contribution in [0.3, 0.4) is 0 Å². The molecule has 5 nitrogen and oxygen atoms in total. The van der Waals surface area contributed by atoms with Gasteiger partial charge in [-0.1, -0.05) is 29.8 Å². The highest BCUT2D eigenvalue weighted by molar-refractivity contribution is 6.30. The second kappa shape index (κ2) is 9.46. The zero-order valence-electron chi connectivity index (χ0n) is 18.5. The summed E-state index contributed by atoms with van der Waals surface area (Å²) >= 11 is 5.82. The summed E-state index contributed by atoms with van der Waals surface area (Å²) in [6, 6.07) is 14.3. The van der Waals surface area contributed by atoms with Crippen LogP contribution in [0.1, 0.15) is 16.9 Å². The van der Waals surface area contributed by atoms with Crippen molar-refractivity contribution in [2.24, 2.45) is 0 Å². The van der Waals surface area contributed by atoms with Crippen molar-refractivity contribution in [1.82, 2.24) is 0 Å². The Hall–Kier alpha value is -3.78. The maximum absolute atomic E-state index is 13.8. The monoisotopic (exact) mass is 502 g/mol. The number of alkyl halides is 3. The highest BCUT2D eigenvalue weighted by atomic mass is 35.5. The van der Waals surface area contributed by atoms with Gasteiger partial charge in [0.05, 0.1) is 10.9 Å². The molecular formula is C26H18ClF3O5. The molecule has 1 heterocycles. The largest absolute Gasteiger partial charge is 0.482 e. The van der Waals surface area contributed by atoms with E-state index in [1.54, 1.807) is 12.1 Å². The van der Waals surface area contributed by atoms with E-state index in [1.165, 1.54) is 36.4 Å². The molecule has 3 aromatic carbocycles. The van der Waals surface area contributed by atoms with E-state index >= 15 is 0 Å². The third-order valence-corrected chi connectivity index (χ3v) is 5.57. The van der Waals surface area contributed by atoms with Crippen molar-refractivity contribution in [1.29, 1.82) is 0 Å². The van der Waals surface area contributed by atoms with Gasteiger partial charge in [0.1, 0.15) is 17.1 Å². The van der Waals surface area contributed by atoms with Gasteiger partial charge in [-0.3, -0.25) is 4.79 Å². The molecule has 0 amide bonds. The lowest BCUT2D eigenvalue weighted by Gasteiger charge is -2.13. The Kier molecular flexibility index (Phi) is 6.58. The van der Waals surface area contributed by atoms with E-state index in [1.807, 2.05) is 19.9 Å². The first-order valence-corrected chi connectivity index (χ1v) is 10.8. The number of carbonyl (C=O) groups is 1. The minimum absolute atomic E-state index is 0.0105. The molecule has 0 fully saturated rings. The Morgan fingerprint density at radius 3 is 2.29 bits per heavy atom. The van der Waals surface area contributed by atoms with Crippen molar-refractivity contribution >= 4 is 28.5 Å². The predicted molar refractivity (Wildman–Crippen MR) is 125 cm³/mol. The molecule has 35 heavy (non-hydrogen) atoms. The Morgan fingerprint density at radius 1 is 0.943 bits per heavy atom. The number of halogens is 4. The molecule has 180 valence electrons. The van der Waals surface area contributed by atoms with Crippen molar-refractivity contribution in [3.63, 3.8) is 0 Å². The lowest BCUT2D eigenvalue weighted by atomic mass is 10.0. The summed E-state index contributed by atoms with van der Waals surface area (Å²) in [5.41, 5.74) is 0.177.